The number of nitrogens with zero attached hydrogens (tertiary/aromatic N) is 2. The summed E-state index contributed by atoms with van der Waals surface area (Å²) in [7, 11) is 0. The van der Waals surface area contributed by atoms with Crippen LogP contribution in [0.4, 0.5) is 5.82 Å². The Bertz CT molecular complexity index is 433. The molecule has 0 saturated carbocycles. The summed E-state index contributed by atoms with van der Waals surface area (Å²) in [6.07, 6.45) is 3.18. The number of aromatic carboxylic acids is 1. The number of carboxylic acid groups (broad SMARTS) is 1. The highest BCUT2D eigenvalue weighted by Crippen LogP contribution is 2.28. The molecule has 0 atom stereocenters. The molecule has 0 aliphatic heterocycles. The molecule has 0 aromatic carbocycles. The predicted octanol–water partition coefficient (Wildman–Crippen LogP) is 2.83. The first-order valence-corrected chi connectivity index (χ1v) is 5.62. The fourth-order valence-electron chi connectivity index (χ4n) is 1.48. The Morgan fingerprint density at radius 2 is 2.35 bits per heavy atom. The van der Waals surface area contributed by atoms with Crippen LogP contribution in [-0.2, 0) is 0 Å². The number of carbonyl (C=O) groups is 1. The highest BCUT2D eigenvalue weighted by atomic mass is 35.5. The molecule has 1 aromatic rings. The van der Waals surface area contributed by atoms with Gasteiger partial charge in [-0.05, 0) is 19.9 Å². The Labute approximate surface area is 106 Å². The van der Waals surface area contributed by atoms with E-state index in [2.05, 4.69) is 11.6 Å². The molecule has 1 heterocycles. The van der Waals surface area contributed by atoms with E-state index in [0.717, 1.165) is 0 Å². The molecule has 0 bridgehead atoms. The molecule has 0 aliphatic carbocycles. The molecule has 17 heavy (non-hydrogen) atoms. The molecule has 0 saturated heterocycles. The van der Waals surface area contributed by atoms with Gasteiger partial charge in [0.15, 0.2) is 0 Å². The summed E-state index contributed by atoms with van der Waals surface area (Å²) in [6.45, 7) is 8.19. The number of hydrogen-bond acceptors (Lipinski definition) is 3. The molecule has 0 fully saturated rings. The molecular formula is C12H15ClN2O2. The first-order chi connectivity index (χ1) is 7.99. The van der Waals surface area contributed by atoms with Crippen LogP contribution in [0.15, 0.2) is 24.9 Å². The molecule has 0 radical (unpaired) electrons. The molecule has 0 spiro atoms. The Kier molecular flexibility index (Phi) is 4.52. The van der Waals surface area contributed by atoms with Crippen LogP contribution in [-0.4, -0.2) is 28.6 Å². The predicted molar refractivity (Wildman–Crippen MR) is 68.9 cm³/mol. The number of aromatic nitrogens is 1. The fourth-order valence-corrected chi connectivity index (χ4v) is 1.78. The van der Waals surface area contributed by atoms with Crippen molar-refractivity contribution in [2.75, 3.05) is 11.4 Å². The Morgan fingerprint density at radius 3 is 2.82 bits per heavy atom. The second kappa shape index (κ2) is 5.68. The van der Waals surface area contributed by atoms with Gasteiger partial charge in [0.05, 0.1) is 10.6 Å². The quantitative estimate of drug-likeness (QED) is 0.821. The van der Waals surface area contributed by atoms with Crippen molar-refractivity contribution in [2.45, 2.75) is 19.9 Å². The summed E-state index contributed by atoms with van der Waals surface area (Å²) in [4.78, 5) is 17.0. The van der Waals surface area contributed by atoms with Crippen molar-refractivity contribution in [3.05, 3.63) is 35.5 Å². The molecule has 1 rings (SSSR count). The van der Waals surface area contributed by atoms with Crippen molar-refractivity contribution >= 4 is 23.4 Å². The van der Waals surface area contributed by atoms with Crippen LogP contribution in [0.2, 0.25) is 5.02 Å². The standard InChI is InChI=1S/C12H15ClN2O2/c1-4-7-15(8(2)3)11-10(13)9(12(16)17)5-6-14-11/h4-6,8H,1,7H2,2-3H3,(H,16,17). The Hall–Kier alpha value is -1.55. The van der Waals surface area contributed by atoms with Crippen LogP contribution >= 0.6 is 11.6 Å². The van der Waals surface area contributed by atoms with Gasteiger partial charge >= 0.3 is 5.97 Å². The largest absolute Gasteiger partial charge is 0.478 e. The van der Waals surface area contributed by atoms with Gasteiger partial charge in [0.2, 0.25) is 0 Å². The number of anilines is 1. The number of hydrogen-bond donors (Lipinski definition) is 1. The van der Waals surface area contributed by atoms with E-state index in [1.165, 1.54) is 12.3 Å². The zero-order valence-corrected chi connectivity index (χ0v) is 10.6. The van der Waals surface area contributed by atoms with Crippen molar-refractivity contribution in [2.24, 2.45) is 0 Å². The average molecular weight is 255 g/mol. The van der Waals surface area contributed by atoms with E-state index in [1.807, 2.05) is 18.7 Å². The van der Waals surface area contributed by atoms with E-state index in [9.17, 15) is 4.79 Å². The van der Waals surface area contributed by atoms with E-state index >= 15 is 0 Å². The normalized spacial score (nSPS) is 10.4. The molecule has 0 amide bonds. The van der Waals surface area contributed by atoms with E-state index < -0.39 is 5.97 Å². The van der Waals surface area contributed by atoms with Crippen molar-refractivity contribution in [1.82, 2.24) is 4.98 Å². The van der Waals surface area contributed by atoms with E-state index in [4.69, 9.17) is 16.7 Å². The van der Waals surface area contributed by atoms with Crippen molar-refractivity contribution < 1.29 is 9.90 Å². The van der Waals surface area contributed by atoms with Crippen LogP contribution in [0.25, 0.3) is 0 Å². The highest BCUT2D eigenvalue weighted by molar-refractivity contribution is 6.35. The van der Waals surface area contributed by atoms with Gasteiger partial charge in [0.1, 0.15) is 5.82 Å². The summed E-state index contributed by atoms with van der Waals surface area (Å²) in [6, 6.07) is 1.54. The fraction of sp³-hybridized carbons (Fsp3) is 0.333. The lowest BCUT2D eigenvalue weighted by Gasteiger charge is -2.27. The lowest BCUT2D eigenvalue weighted by Crippen LogP contribution is -2.32. The van der Waals surface area contributed by atoms with Gasteiger partial charge in [-0.3, -0.25) is 0 Å². The van der Waals surface area contributed by atoms with Gasteiger partial charge in [-0.2, -0.15) is 0 Å². The molecule has 0 aliphatic rings. The van der Waals surface area contributed by atoms with Gasteiger partial charge < -0.3 is 10.0 Å². The third kappa shape index (κ3) is 2.97. The lowest BCUT2D eigenvalue weighted by molar-refractivity contribution is 0.0697. The minimum atomic E-state index is -1.05. The smallest absolute Gasteiger partial charge is 0.337 e. The first kappa shape index (κ1) is 13.5. The summed E-state index contributed by atoms with van der Waals surface area (Å²) >= 11 is 6.06. The van der Waals surface area contributed by atoms with E-state index in [1.54, 1.807) is 6.08 Å². The van der Waals surface area contributed by atoms with E-state index in [0.29, 0.717) is 12.4 Å². The Morgan fingerprint density at radius 1 is 1.71 bits per heavy atom. The van der Waals surface area contributed by atoms with Gasteiger partial charge in [-0.1, -0.05) is 17.7 Å². The average Bonchev–Trinajstić information content (AvgIpc) is 2.26. The number of pyridine rings is 1. The maximum atomic E-state index is 11.0. The monoisotopic (exact) mass is 254 g/mol. The second-order valence-corrected chi connectivity index (χ2v) is 4.21. The first-order valence-electron chi connectivity index (χ1n) is 5.24. The SMILES string of the molecule is C=CCN(c1nccc(C(=O)O)c1Cl)C(C)C. The van der Waals surface area contributed by atoms with Gasteiger partial charge in [-0.25, -0.2) is 9.78 Å². The number of halogens is 1. The molecular weight excluding hydrogens is 240 g/mol. The molecule has 5 heteroatoms. The summed E-state index contributed by atoms with van der Waals surface area (Å²) < 4.78 is 0. The van der Waals surface area contributed by atoms with Crippen LogP contribution in [0, 0.1) is 0 Å². The van der Waals surface area contributed by atoms with Gasteiger partial charge in [0, 0.05) is 18.8 Å². The van der Waals surface area contributed by atoms with E-state index in [-0.39, 0.29) is 16.6 Å². The Balaban J connectivity index is 3.24. The van der Waals surface area contributed by atoms with Crippen LogP contribution < -0.4 is 4.90 Å². The zero-order chi connectivity index (χ0) is 13.0. The molecule has 0 unspecified atom stereocenters. The van der Waals surface area contributed by atoms with Crippen molar-refractivity contribution in [1.29, 1.82) is 0 Å². The zero-order valence-electron chi connectivity index (χ0n) is 9.85. The number of rotatable bonds is 5. The summed E-state index contributed by atoms with van der Waals surface area (Å²) in [5.74, 6) is -0.581. The maximum Gasteiger partial charge on any atom is 0.337 e. The van der Waals surface area contributed by atoms with Crippen LogP contribution in [0.5, 0.6) is 0 Å². The second-order valence-electron chi connectivity index (χ2n) is 3.84. The third-order valence-corrected chi connectivity index (χ3v) is 2.70. The van der Waals surface area contributed by atoms with Crippen LogP contribution in [0.1, 0.15) is 24.2 Å². The lowest BCUT2D eigenvalue weighted by atomic mass is 10.2. The third-order valence-electron chi connectivity index (χ3n) is 2.32. The minimum Gasteiger partial charge on any atom is -0.478 e. The van der Waals surface area contributed by atoms with Gasteiger partial charge in [0.25, 0.3) is 0 Å². The molecule has 1 N–H and O–H groups in total. The summed E-state index contributed by atoms with van der Waals surface area (Å²) in [5.41, 5.74) is 0.0615. The number of carboxylic acids is 1. The maximum absolute atomic E-state index is 11.0. The topological polar surface area (TPSA) is 53.4 Å². The minimum absolute atomic E-state index is 0.0615. The van der Waals surface area contributed by atoms with Crippen LogP contribution in [0.3, 0.4) is 0 Å². The van der Waals surface area contributed by atoms with Gasteiger partial charge in [-0.15, -0.1) is 6.58 Å². The molecule has 4 nitrogen and oxygen atoms in total. The molecule has 1 aromatic heterocycles. The summed E-state index contributed by atoms with van der Waals surface area (Å²) in [5, 5.41) is 9.15. The van der Waals surface area contributed by atoms with Crippen molar-refractivity contribution in [3.8, 4) is 0 Å². The molecule has 92 valence electrons. The van der Waals surface area contributed by atoms with Crippen molar-refractivity contribution in [3.63, 3.8) is 0 Å². The highest BCUT2D eigenvalue weighted by Gasteiger charge is 2.19.